The van der Waals surface area contributed by atoms with E-state index in [1.54, 1.807) is 0 Å². The number of rotatable bonds is 8. The standard InChI is InChI=1S/C17H28N2O2/c1-6-10-14(2)19(4)13-17(18-3,16(20)21-5)15-11-8-7-9-12-15/h7-9,11-12,14,18H,6,10,13H2,1-5H3. The molecule has 1 N–H and O–H groups in total. The fourth-order valence-corrected chi connectivity index (χ4v) is 2.66. The van der Waals surface area contributed by atoms with Gasteiger partial charge in [0.1, 0.15) is 0 Å². The van der Waals surface area contributed by atoms with Gasteiger partial charge in [-0.3, -0.25) is 0 Å². The minimum Gasteiger partial charge on any atom is -0.467 e. The number of methoxy groups -OCH3 is 1. The molecule has 1 rings (SSSR count). The minimum absolute atomic E-state index is 0.258. The quantitative estimate of drug-likeness (QED) is 0.747. The van der Waals surface area contributed by atoms with Crippen LogP contribution in [0.4, 0.5) is 0 Å². The van der Waals surface area contributed by atoms with Gasteiger partial charge in [0, 0.05) is 12.6 Å². The van der Waals surface area contributed by atoms with Crippen LogP contribution in [0.15, 0.2) is 30.3 Å². The van der Waals surface area contributed by atoms with E-state index in [2.05, 4.69) is 31.1 Å². The van der Waals surface area contributed by atoms with Gasteiger partial charge in [0.05, 0.1) is 7.11 Å². The molecule has 0 saturated heterocycles. The van der Waals surface area contributed by atoms with E-state index in [1.165, 1.54) is 7.11 Å². The van der Waals surface area contributed by atoms with Crippen molar-refractivity contribution < 1.29 is 9.53 Å². The van der Waals surface area contributed by atoms with Crippen LogP contribution in [0.5, 0.6) is 0 Å². The lowest BCUT2D eigenvalue weighted by Gasteiger charge is -2.37. The number of likely N-dealkylation sites (N-methyl/N-ethyl adjacent to an activating group) is 2. The molecule has 0 amide bonds. The van der Waals surface area contributed by atoms with Crippen LogP contribution < -0.4 is 5.32 Å². The Kier molecular flexibility index (Phi) is 6.85. The summed E-state index contributed by atoms with van der Waals surface area (Å²) >= 11 is 0. The van der Waals surface area contributed by atoms with Crippen molar-refractivity contribution in [3.8, 4) is 0 Å². The molecular formula is C17H28N2O2. The molecule has 0 aliphatic carbocycles. The van der Waals surface area contributed by atoms with E-state index in [0.717, 1.165) is 18.4 Å². The summed E-state index contributed by atoms with van der Waals surface area (Å²) in [5.74, 6) is -0.258. The Morgan fingerprint density at radius 3 is 2.48 bits per heavy atom. The fourth-order valence-electron chi connectivity index (χ4n) is 2.66. The molecular weight excluding hydrogens is 264 g/mol. The van der Waals surface area contributed by atoms with Crippen LogP contribution in [-0.4, -0.2) is 44.7 Å². The third kappa shape index (κ3) is 4.05. The van der Waals surface area contributed by atoms with Gasteiger partial charge in [-0.15, -0.1) is 0 Å². The van der Waals surface area contributed by atoms with Crippen molar-refractivity contribution in [3.63, 3.8) is 0 Å². The molecule has 4 heteroatoms. The lowest BCUT2D eigenvalue weighted by atomic mass is 9.88. The van der Waals surface area contributed by atoms with E-state index in [1.807, 2.05) is 37.4 Å². The number of nitrogens with one attached hydrogen (secondary N) is 1. The first-order chi connectivity index (χ1) is 10.0. The second-order valence-corrected chi connectivity index (χ2v) is 5.57. The molecule has 2 unspecified atom stereocenters. The molecule has 2 atom stereocenters. The van der Waals surface area contributed by atoms with E-state index in [0.29, 0.717) is 12.6 Å². The molecule has 21 heavy (non-hydrogen) atoms. The van der Waals surface area contributed by atoms with E-state index < -0.39 is 5.54 Å². The highest BCUT2D eigenvalue weighted by molar-refractivity contribution is 5.83. The van der Waals surface area contributed by atoms with Crippen molar-refractivity contribution in [2.24, 2.45) is 0 Å². The van der Waals surface area contributed by atoms with E-state index in [9.17, 15) is 4.79 Å². The Morgan fingerprint density at radius 2 is 2.00 bits per heavy atom. The van der Waals surface area contributed by atoms with Crippen LogP contribution in [0.2, 0.25) is 0 Å². The Morgan fingerprint density at radius 1 is 1.38 bits per heavy atom. The molecule has 1 aromatic rings. The maximum atomic E-state index is 12.5. The van der Waals surface area contributed by atoms with Crippen LogP contribution in [0.25, 0.3) is 0 Å². The molecule has 0 spiro atoms. The zero-order chi connectivity index (χ0) is 15.9. The summed E-state index contributed by atoms with van der Waals surface area (Å²) in [6, 6.07) is 10.2. The summed E-state index contributed by atoms with van der Waals surface area (Å²) in [5.41, 5.74) is 0.0853. The van der Waals surface area contributed by atoms with Crippen LogP contribution in [0.1, 0.15) is 32.3 Å². The van der Waals surface area contributed by atoms with Crippen molar-refractivity contribution in [2.45, 2.75) is 38.3 Å². The Hall–Kier alpha value is -1.39. The summed E-state index contributed by atoms with van der Waals surface area (Å²) in [7, 11) is 5.30. The summed E-state index contributed by atoms with van der Waals surface area (Å²) in [4.78, 5) is 14.7. The van der Waals surface area contributed by atoms with Gasteiger partial charge in [-0.25, -0.2) is 4.79 Å². The summed E-state index contributed by atoms with van der Waals surface area (Å²) in [5, 5.41) is 3.19. The SMILES string of the molecule is CCCC(C)N(C)CC(NC)(C(=O)OC)c1ccccc1. The minimum atomic E-state index is -0.841. The number of hydrogen-bond acceptors (Lipinski definition) is 4. The monoisotopic (exact) mass is 292 g/mol. The van der Waals surface area contributed by atoms with Crippen LogP contribution >= 0.6 is 0 Å². The number of carbonyl (C=O) groups is 1. The van der Waals surface area contributed by atoms with Gasteiger partial charge in [-0.05, 0) is 33.0 Å². The molecule has 0 bridgehead atoms. The molecule has 0 aromatic heterocycles. The topological polar surface area (TPSA) is 41.6 Å². The zero-order valence-electron chi connectivity index (χ0n) is 13.8. The summed E-state index contributed by atoms with van der Waals surface area (Å²) < 4.78 is 5.07. The lowest BCUT2D eigenvalue weighted by molar-refractivity contribution is -0.150. The van der Waals surface area contributed by atoms with Crippen molar-refractivity contribution in [1.29, 1.82) is 0 Å². The molecule has 0 radical (unpaired) electrons. The van der Waals surface area contributed by atoms with Gasteiger partial charge in [-0.1, -0.05) is 43.7 Å². The molecule has 0 aliphatic heterocycles. The highest BCUT2D eigenvalue weighted by Gasteiger charge is 2.41. The molecule has 4 nitrogen and oxygen atoms in total. The van der Waals surface area contributed by atoms with Crippen LogP contribution in [0.3, 0.4) is 0 Å². The van der Waals surface area contributed by atoms with E-state index in [-0.39, 0.29) is 5.97 Å². The normalized spacial score (nSPS) is 15.5. The third-order valence-corrected chi connectivity index (χ3v) is 4.17. The van der Waals surface area contributed by atoms with Crippen molar-refractivity contribution in [3.05, 3.63) is 35.9 Å². The highest BCUT2D eigenvalue weighted by atomic mass is 16.5. The Bertz CT molecular complexity index is 436. The zero-order valence-corrected chi connectivity index (χ0v) is 13.8. The van der Waals surface area contributed by atoms with Gasteiger partial charge in [0.25, 0.3) is 0 Å². The average Bonchev–Trinajstić information content (AvgIpc) is 2.52. The number of carbonyl (C=O) groups excluding carboxylic acids is 1. The predicted molar refractivity (Wildman–Crippen MR) is 86.2 cm³/mol. The lowest BCUT2D eigenvalue weighted by Crippen LogP contribution is -2.56. The Balaban J connectivity index is 3.11. The molecule has 1 aromatic carbocycles. The number of hydrogen-bond donors (Lipinski definition) is 1. The van der Waals surface area contributed by atoms with Gasteiger partial charge >= 0.3 is 5.97 Å². The van der Waals surface area contributed by atoms with Gasteiger partial charge in [0.2, 0.25) is 0 Å². The second-order valence-electron chi connectivity index (χ2n) is 5.57. The smallest absolute Gasteiger partial charge is 0.332 e. The highest BCUT2D eigenvalue weighted by Crippen LogP contribution is 2.25. The molecule has 118 valence electrons. The van der Waals surface area contributed by atoms with Crippen molar-refractivity contribution >= 4 is 5.97 Å². The maximum Gasteiger partial charge on any atom is 0.332 e. The molecule has 0 saturated carbocycles. The maximum absolute atomic E-state index is 12.5. The third-order valence-electron chi connectivity index (χ3n) is 4.17. The van der Waals surface area contributed by atoms with Crippen molar-refractivity contribution in [2.75, 3.05) is 27.7 Å². The average molecular weight is 292 g/mol. The molecule has 0 fully saturated rings. The Labute approximate surface area is 128 Å². The fraction of sp³-hybridized carbons (Fsp3) is 0.588. The predicted octanol–water partition coefficient (Wildman–Crippen LogP) is 2.39. The number of ether oxygens (including phenoxy) is 1. The molecule has 0 heterocycles. The first-order valence-electron chi connectivity index (χ1n) is 7.55. The van der Waals surface area contributed by atoms with E-state index in [4.69, 9.17) is 4.74 Å². The number of esters is 1. The largest absolute Gasteiger partial charge is 0.467 e. The van der Waals surface area contributed by atoms with Crippen molar-refractivity contribution in [1.82, 2.24) is 10.2 Å². The van der Waals surface area contributed by atoms with Gasteiger partial charge in [-0.2, -0.15) is 0 Å². The van der Waals surface area contributed by atoms with Gasteiger partial charge < -0.3 is 15.0 Å². The van der Waals surface area contributed by atoms with Gasteiger partial charge in [0.15, 0.2) is 5.54 Å². The van der Waals surface area contributed by atoms with E-state index >= 15 is 0 Å². The number of nitrogens with zero attached hydrogens (tertiary/aromatic N) is 1. The van der Waals surface area contributed by atoms with Crippen LogP contribution in [0, 0.1) is 0 Å². The molecule has 0 aliphatic rings. The first-order valence-corrected chi connectivity index (χ1v) is 7.55. The summed E-state index contributed by atoms with van der Waals surface area (Å²) in [6.07, 6.45) is 2.23. The number of benzene rings is 1. The second kappa shape index (κ2) is 8.15. The first kappa shape index (κ1) is 17.7. The van der Waals surface area contributed by atoms with Crippen LogP contribution in [-0.2, 0) is 15.1 Å². The summed E-state index contributed by atoms with van der Waals surface area (Å²) in [6.45, 7) is 4.93.